The summed E-state index contributed by atoms with van der Waals surface area (Å²) < 4.78 is 0. The molecule has 6 nitrogen and oxygen atoms in total. The van der Waals surface area contributed by atoms with Crippen LogP contribution in [0.2, 0.25) is 0 Å². The van der Waals surface area contributed by atoms with Gasteiger partial charge < -0.3 is 20.6 Å². The van der Waals surface area contributed by atoms with Gasteiger partial charge in [0.2, 0.25) is 5.91 Å². The molecule has 118 valence electrons. The normalized spacial score (nSPS) is 10.3. The van der Waals surface area contributed by atoms with Crippen molar-refractivity contribution in [1.29, 1.82) is 0 Å². The van der Waals surface area contributed by atoms with Gasteiger partial charge in [0.15, 0.2) is 5.13 Å². The lowest BCUT2D eigenvalue weighted by molar-refractivity contribution is -0.115. The average Bonchev–Trinajstić information content (AvgIpc) is 2.93. The fraction of sp³-hybridized carbons (Fsp3) is 0.333. The highest BCUT2D eigenvalue weighted by Gasteiger charge is 2.08. The van der Waals surface area contributed by atoms with Crippen molar-refractivity contribution >= 4 is 33.1 Å². The zero-order valence-corrected chi connectivity index (χ0v) is 13.5. The molecule has 0 spiro atoms. The van der Waals surface area contributed by atoms with Crippen molar-refractivity contribution in [3.05, 3.63) is 36.0 Å². The first-order chi connectivity index (χ1) is 10.6. The Balaban J connectivity index is 1.88. The van der Waals surface area contributed by atoms with E-state index in [-0.39, 0.29) is 12.5 Å². The lowest BCUT2D eigenvalue weighted by atomic mass is 10.1. The number of aliphatic hydroxyl groups is 1. The first kappa shape index (κ1) is 16.3. The molecule has 1 heterocycles. The molecule has 22 heavy (non-hydrogen) atoms. The molecule has 0 saturated carbocycles. The number of carbonyl (C=O) groups excluding carboxylic acids is 1. The summed E-state index contributed by atoms with van der Waals surface area (Å²) in [7, 11) is 3.96. The van der Waals surface area contributed by atoms with E-state index < -0.39 is 0 Å². The molecule has 0 saturated heterocycles. The van der Waals surface area contributed by atoms with Gasteiger partial charge >= 0.3 is 0 Å². The van der Waals surface area contributed by atoms with Crippen molar-refractivity contribution in [3.63, 3.8) is 0 Å². The molecular weight excluding hydrogens is 300 g/mol. The van der Waals surface area contributed by atoms with E-state index in [9.17, 15) is 4.79 Å². The maximum Gasteiger partial charge on any atom is 0.230 e. The second kappa shape index (κ2) is 7.77. The average molecular weight is 320 g/mol. The van der Waals surface area contributed by atoms with Gasteiger partial charge in [0, 0.05) is 26.3 Å². The zero-order chi connectivity index (χ0) is 15.9. The van der Waals surface area contributed by atoms with Crippen LogP contribution in [0, 0.1) is 0 Å². The molecule has 7 heteroatoms. The van der Waals surface area contributed by atoms with Crippen molar-refractivity contribution in [3.8, 4) is 0 Å². The summed E-state index contributed by atoms with van der Waals surface area (Å²) in [6, 6.07) is 7.88. The quantitative estimate of drug-likeness (QED) is 0.725. The van der Waals surface area contributed by atoms with Crippen molar-refractivity contribution in [2.75, 3.05) is 42.8 Å². The van der Waals surface area contributed by atoms with Crippen molar-refractivity contribution in [1.82, 2.24) is 4.98 Å². The summed E-state index contributed by atoms with van der Waals surface area (Å²) in [5.41, 5.74) is 2.06. The maximum absolute atomic E-state index is 12.0. The van der Waals surface area contributed by atoms with Gasteiger partial charge in [-0.25, -0.2) is 4.98 Å². The highest BCUT2D eigenvalue weighted by Crippen LogP contribution is 2.23. The van der Waals surface area contributed by atoms with E-state index in [1.807, 2.05) is 43.3 Å². The number of amides is 1. The molecule has 1 aromatic heterocycles. The van der Waals surface area contributed by atoms with E-state index in [0.717, 1.165) is 16.3 Å². The Labute approximate surface area is 133 Å². The van der Waals surface area contributed by atoms with Crippen LogP contribution in [0.3, 0.4) is 0 Å². The third-order valence-electron chi connectivity index (χ3n) is 2.98. The third-order valence-corrected chi connectivity index (χ3v) is 3.85. The number of nitrogens with zero attached hydrogens (tertiary/aromatic N) is 2. The van der Waals surface area contributed by atoms with Gasteiger partial charge in [0.25, 0.3) is 0 Å². The second-order valence-corrected chi connectivity index (χ2v) is 6.00. The molecule has 0 unspecified atom stereocenters. The third kappa shape index (κ3) is 4.71. The van der Waals surface area contributed by atoms with E-state index in [1.54, 1.807) is 6.20 Å². The van der Waals surface area contributed by atoms with Crippen LogP contribution in [0.5, 0.6) is 0 Å². The van der Waals surface area contributed by atoms with Crippen LogP contribution in [0.15, 0.2) is 30.5 Å². The molecule has 0 aliphatic heterocycles. The Hall–Kier alpha value is -2.12. The molecule has 3 N–H and O–H groups in total. The Morgan fingerprint density at radius 1 is 1.32 bits per heavy atom. The first-order valence-corrected chi connectivity index (χ1v) is 7.77. The van der Waals surface area contributed by atoms with Crippen LogP contribution in [0.4, 0.5) is 15.8 Å². The molecule has 2 rings (SSSR count). The summed E-state index contributed by atoms with van der Waals surface area (Å²) in [5.74, 6) is -0.0966. The number of hydrogen-bond acceptors (Lipinski definition) is 6. The highest BCUT2D eigenvalue weighted by molar-refractivity contribution is 7.19. The summed E-state index contributed by atoms with van der Waals surface area (Å²) >= 11 is 1.35. The van der Waals surface area contributed by atoms with Gasteiger partial charge in [-0.3, -0.25) is 4.79 Å². The molecule has 0 fully saturated rings. The first-order valence-electron chi connectivity index (χ1n) is 6.95. The predicted molar refractivity (Wildman–Crippen MR) is 90.8 cm³/mol. The van der Waals surface area contributed by atoms with Gasteiger partial charge in [-0.15, -0.1) is 0 Å². The molecule has 0 radical (unpaired) electrons. The highest BCUT2D eigenvalue weighted by atomic mass is 32.1. The van der Waals surface area contributed by atoms with Crippen molar-refractivity contribution in [2.45, 2.75) is 6.42 Å². The topological polar surface area (TPSA) is 77.5 Å². The minimum absolute atomic E-state index is 0.0581. The standard InChI is InChI=1S/C15H20N4O2S/c1-19(2)12-5-3-11(4-6-12)9-13(21)18-15-17-10-14(22-15)16-7-8-20/h3-6,10,16,20H,7-9H2,1-2H3,(H,17,18,21). The number of hydrogen-bond donors (Lipinski definition) is 3. The van der Waals surface area contributed by atoms with Gasteiger partial charge in [-0.1, -0.05) is 23.5 Å². The molecule has 0 aliphatic rings. The largest absolute Gasteiger partial charge is 0.395 e. The van der Waals surface area contributed by atoms with Crippen LogP contribution < -0.4 is 15.5 Å². The van der Waals surface area contributed by atoms with E-state index >= 15 is 0 Å². The van der Waals surface area contributed by atoms with E-state index in [1.165, 1.54) is 11.3 Å². The van der Waals surface area contributed by atoms with Crippen LogP contribution in [-0.4, -0.2) is 43.2 Å². The van der Waals surface area contributed by atoms with Crippen LogP contribution in [0.1, 0.15) is 5.56 Å². The van der Waals surface area contributed by atoms with Gasteiger partial charge in [0.05, 0.1) is 19.2 Å². The molecule has 0 bridgehead atoms. The molecule has 0 atom stereocenters. The maximum atomic E-state index is 12.0. The number of rotatable bonds is 7. The van der Waals surface area contributed by atoms with Gasteiger partial charge in [-0.05, 0) is 17.7 Å². The Morgan fingerprint density at radius 2 is 2.05 bits per heavy atom. The smallest absolute Gasteiger partial charge is 0.230 e. The molecular formula is C15H20N4O2S. The second-order valence-electron chi connectivity index (χ2n) is 4.97. The van der Waals surface area contributed by atoms with E-state index in [0.29, 0.717) is 18.1 Å². The van der Waals surface area contributed by atoms with Crippen molar-refractivity contribution < 1.29 is 9.90 Å². The summed E-state index contributed by atoms with van der Waals surface area (Å²) in [6.07, 6.45) is 1.95. The fourth-order valence-corrected chi connectivity index (χ4v) is 2.61. The van der Waals surface area contributed by atoms with Crippen molar-refractivity contribution in [2.24, 2.45) is 0 Å². The van der Waals surface area contributed by atoms with E-state index in [2.05, 4.69) is 15.6 Å². The number of carbonyl (C=O) groups is 1. The Kier molecular flexibility index (Phi) is 5.74. The summed E-state index contributed by atoms with van der Waals surface area (Å²) in [4.78, 5) is 18.1. The lowest BCUT2D eigenvalue weighted by Crippen LogP contribution is -2.14. The number of aliphatic hydroxyl groups excluding tert-OH is 1. The lowest BCUT2D eigenvalue weighted by Gasteiger charge is -2.12. The van der Waals surface area contributed by atoms with Gasteiger partial charge in [-0.2, -0.15) is 0 Å². The Bertz CT molecular complexity index is 610. The van der Waals surface area contributed by atoms with Crippen LogP contribution in [0.25, 0.3) is 0 Å². The van der Waals surface area contributed by atoms with Crippen LogP contribution >= 0.6 is 11.3 Å². The number of thiazole rings is 1. The molecule has 1 amide bonds. The van der Waals surface area contributed by atoms with Crippen LogP contribution in [-0.2, 0) is 11.2 Å². The predicted octanol–water partition coefficient (Wildman–Crippen LogP) is 1.79. The van der Waals surface area contributed by atoms with E-state index in [4.69, 9.17) is 5.11 Å². The molecule has 1 aromatic carbocycles. The fourth-order valence-electron chi connectivity index (χ4n) is 1.85. The van der Waals surface area contributed by atoms with Gasteiger partial charge in [0.1, 0.15) is 5.00 Å². The monoisotopic (exact) mass is 320 g/mol. The minimum atomic E-state index is -0.0966. The number of benzene rings is 1. The molecule has 2 aromatic rings. The summed E-state index contributed by atoms with van der Waals surface area (Å²) in [5, 5.41) is 15.9. The zero-order valence-electron chi connectivity index (χ0n) is 12.7. The molecule has 0 aliphatic carbocycles. The number of aromatic nitrogens is 1. The number of anilines is 3. The number of nitrogens with one attached hydrogen (secondary N) is 2. The summed E-state index contributed by atoms with van der Waals surface area (Å²) in [6.45, 7) is 0.524. The minimum Gasteiger partial charge on any atom is -0.395 e. The Morgan fingerprint density at radius 3 is 2.68 bits per heavy atom. The SMILES string of the molecule is CN(C)c1ccc(CC(=O)Nc2ncc(NCCO)s2)cc1.